The number of furan rings is 1. The van der Waals surface area contributed by atoms with Crippen molar-refractivity contribution in [2.24, 2.45) is 10.7 Å². The van der Waals surface area contributed by atoms with Gasteiger partial charge in [-0.15, -0.1) is 24.0 Å². The molecule has 0 bridgehead atoms. The highest BCUT2D eigenvalue weighted by atomic mass is 127. The number of hydrogen-bond acceptors (Lipinski definition) is 4. The maximum atomic E-state index is 11.0. The van der Waals surface area contributed by atoms with Gasteiger partial charge in [-0.1, -0.05) is 0 Å². The molecule has 4 N–H and O–H groups in total. The molecule has 24 heavy (non-hydrogen) atoms. The molecule has 1 aliphatic heterocycles. The molecule has 0 aliphatic carbocycles. The van der Waals surface area contributed by atoms with Crippen LogP contribution in [-0.2, 0) is 11.3 Å². The lowest BCUT2D eigenvalue weighted by molar-refractivity contribution is -0.119. The maximum absolute atomic E-state index is 11.0. The number of carbonyl (C=O) groups excluding carboxylic acids is 1. The molecular formula is C16H28IN5O2. The summed E-state index contributed by atoms with van der Waals surface area (Å²) < 4.78 is 5.53. The summed E-state index contributed by atoms with van der Waals surface area (Å²) in [6, 6.07) is 2.40. The molecule has 0 saturated carbocycles. The Morgan fingerprint density at radius 1 is 1.42 bits per heavy atom. The SMILES string of the molecule is CN=C(NCc1cc(C)oc1C)NC1CCN(CC(N)=O)CC1.I. The average Bonchev–Trinajstić information content (AvgIpc) is 2.82. The third-order valence-corrected chi connectivity index (χ3v) is 4.12. The minimum Gasteiger partial charge on any atom is -0.466 e. The number of nitrogens with zero attached hydrogens (tertiary/aromatic N) is 2. The zero-order chi connectivity index (χ0) is 16.8. The Balaban J connectivity index is 0.00000288. The summed E-state index contributed by atoms with van der Waals surface area (Å²) in [6.45, 7) is 6.69. The van der Waals surface area contributed by atoms with E-state index in [2.05, 4.69) is 20.5 Å². The molecule has 1 aromatic rings. The average molecular weight is 449 g/mol. The molecular weight excluding hydrogens is 421 g/mol. The smallest absolute Gasteiger partial charge is 0.231 e. The molecule has 1 fully saturated rings. The number of nitrogens with two attached hydrogens (primary N) is 1. The number of carbonyl (C=O) groups is 1. The Labute approximate surface area is 160 Å². The Kier molecular flexibility index (Phi) is 8.54. The molecule has 0 aromatic carbocycles. The summed E-state index contributed by atoms with van der Waals surface area (Å²) in [5.74, 6) is 2.38. The molecule has 1 amide bonds. The number of guanidine groups is 1. The normalized spacial score (nSPS) is 16.5. The number of amides is 1. The van der Waals surface area contributed by atoms with Gasteiger partial charge in [0.1, 0.15) is 11.5 Å². The molecule has 1 saturated heterocycles. The van der Waals surface area contributed by atoms with Crippen molar-refractivity contribution in [2.75, 3.05) is 26.7 Å². The molecule has 0 spiro atoms. The Morgan fingerprint density at radius 2 is 2.08 bits per heavy atom. The predicted octanol–water partition coefficient (Wildman–Crippen LogP) is 1.13. The highest BCUT2D eigenvalue weighted by Gasteiger charge is 2.20. The van der Waals surface area contributed by atoms with Crippen LogP contribution < -0.4 is 16.4 Å². The number of likely N-dealkylation sites (tertiary alicyclic amines) is 1. The van der Waals surface area contributed by atoms with Crippen LogP contribution in [0, 0.1) is 13.8 Å². The van der Waals surface area contributed by atoms with Crippen LogP contribution in [0.4, 0.5) is 0 Å². The number of aliphatic imine (C=N–C) groups is 1. The maximum Gasteiger partial charge on any atom is 0.231 e. The topological polar surface area (TPSA) is 95.9 Å². The van der Waals surface area contributed by atoms with Crippen molar-refractivity contribution < 1.29 is 9.21 Å². The van der Waals surface area contributed by atoms with Gasteiger partial charge >= 0.3 is 0 Å². The number of aryl methyl sites for hydroxylation is 2. The van der Waals surface area contributed by atoms with Gasteiger partial charge in [0.25, 0.3) is 0 Å². The predicted molar refractivity (Wildman–Crippen MR) is 106 cm³/mol. The fourth-order valence-electron chi connectivity index (χ4n) is 2.88. The molecule has 7 nitrogen and oxygen atoms in total. The first-order valence-corrected chi connectivity index (χ1v) is 8.01. The van der Waals surface area contributed by atoms with Gasteiger partial charge in [0.15, 0.2) is 5.96 Å². The third kappa shape index (κ3) is 6.31. The Morgan fingerprint density at radius 3 is 2.58 bits per heavy atom. The highest BCUT2D eigenvalue weighted by Crippen LogP contribution is 2.13. The summed E-state index contributed by atoms with van der Waals surface area (Å²) in [7, 11) is 1.77. The highest BCUT2D eigenvalue weighted by molar-refractivity contribution is 14.0. The molecule has 2 heterocycles. The molecule has 1 aliphatic rings. The van der Waals surface area contributed by atoms with Crippen LogP contribution in [0.1, 0.15) is 29.9 Å². The van der Waals surface area contributed by atoms with E-state index in [1.165, 1.54) is 0 Å². The molecule has 0 atom stereocenters. The van der Waals surface area contributed by atoms with Gasteiger partial charge in [-0.3, -0.25) is 14.7 Å². The van der Waals surface area contributed by atoms with Crippen LogP contribution in [0.5, 0.6) is 0 Å². The second-order valence-corrected chi connectivity index (χ2v) is 6.03. The van der Waals surface area contributed by atoms with Crippen LogP contribution in [0.3, 0.4) is 0 Å². The quantitative estimate of drug-likeness (QED) is 0.356. The van der Waals surface area contributed by atoms with Crippen molar-refractivity contribution in [1.29, 1.82) is 0 Å². The number of hydrogen-bond donors (Lipinski definition) is 3. The number of nitrogens with one attached hydrogen (secondary N) is 2. The Hall–Kier alpha value is -1.29. The summed E-state index contributed by atoms with van der Waals surface area (Å²) in [5, 5.41) is 6.76. The van der Waals surface area contributed by atoms with Crippen LogP contribution in [-0.4, -0.2) is 49.5 Å². The van der Waals surface area contributed by atoms with Gasteiger partial charge in [-0.25, -0.2) is 0 Å². The number of primary amides is 1. The zero-order valence-corrected chi connectivity index (χ0v) is 16.9. The summed E-state index contributed by atoms with van der Waals surface area (Å²) in [4.78, 5) is 17.3. The number of piperidine rings is 1. The fraction of sp³-hybridized carbons (Fsp3) is 0.625. The largest absolute Gasteiger partial charge is 0.466 e. The van der Waals surface area contributed by atoms with E-state index >= 15 is 0 Å². The van der Waals surface area contributed by atoms with E-state index in [1.807, 2.05) is 19.9 Å². The second kappa shape index (κ2) is 9.87. The van der Waals surface area contributed by atoms with Gasteiger partial charge in [0.2, 0.25) is 5.91 Å². The minimum absolute atomic E-state index is 0. The molecule has 0 radical (unpaired) electrons. The van der Waals surface area contributed by atoms with E-state index < -0.39 is 0 Å². The summed E-state index contributed by atoms with van der Waals surface area (Å²) >= 11 is 0. The molecule has 2 rings (SSSR count). The number of rotatable bonds is 5. The summed E-state index contributed by atoms with van der Waals surface area (Å²) in [5.41, 5.74) is 6.38. The van der Waals surface area contributed by atoms with Crippen LogP contribution in [0.2, 0.25) is 0 Å². The van der Waals surface area contributed by atoms with E-state index in [1.54, 1.807) is 7.05 Å². The molecule has 0 unspecified atom stereocenters. The minimum atomic E-state index is -0.264. The lowest BCUT2D eigenvalue weighted by Gasteiger charge is -2.32. The lowest BCUT2D eigenvalue weighted by atomic mass is 10.1. The lowest BCUT2D eigenvalue weighted by Crippen LogP contribution is -2.49. The molecule has 8 heteroatoms. The van der Waals surface area contributed by atoms with Gasteiger partial charge in [-0.05, 0) is 32.8 Å². The standard InChI is InChI=1S/C16H27N5O2.HI/c1-11-8-13(12(2)23-11)9-19-16(18-3)20-14-4-6-21(7-5-14)10-15(17)22;/h8,14H,4-7,9-10H2,1-3H3,(H2,17,22)(H2,18,19,20);1H. The van der Waals surface area contributed by atoms with E-state index in [0.717, 1.165) is 49.0 Å². The van der Waals surface area contributed by atoms with E-state index in [9.17, 15) is 4.79 Å². The van der Waals surface area contributed by atoms with Gasteiger partial charge in [-0.2, -0.15) is 0 Å². The van der Waals surface area contributed by atoms with Gasteiger partial charge < -0.3 is 20.8 Å². The first-order chi connectivity index (χ1) is 11.0. The van der Waals surface area contributed by atoms with Crippen molar-refractivity contribution in [3.8, 4) is 0 Å². The first kappa shape index (κ1) is 20.8. The van der Waals surface area contributed by atoms with Gasteiger partial charge in [0.05, 0.1) is 6.54 Å². The van der Waals surface area contributed by atoms with E-state index in [4.69, 9.17) is 10.2 Å². The third-order valence-electron chi connectivity index (χ3n) is 4.12. The van der Waals surface area contributed by atoms with Crippen molar-refractivity contribution in [1.82, 2.24) is 15.5 Å². The fourth-order valence-corrected chi connectivity index (χ4v) is 2.88. The summed E-state index contributed by atoms with van der Waals surface area (Å²) in [6.07, 6.45) is 1.94. The van der Waals surface area contributed by atoms with Crippen molar-refractivity contribution in [3.63, 3.8) is 0 Å². The van der Waals surface area contributed by atoms with Crippen LogP contribution in [0.15, 0.2) is 15.5 Å². The van der Waals surface area contributed by atoms with Crippen LogP contribution in [0.25, 0.3) is 0 Å². The second-order valence-electron chi connectivity index (χ2n) is 6.03. The number of halogens is 1. The zero-order valence-electron chi connectivity index (χ0n) is 14.6. The molecule has 1 aromatic heterocycles. The monoisotopic (exact) mass is 449 g/mol. The van der Waals surface area contributed by atoms with Crippen molar-refractivity contribution in [2.45, 2.75) is 39.3 Å². The van der Waals surface area contributed by atoms with Crippen molar-refractivity contribution >= 4 is 35.8 Å². The Bertz CT molecular complexity index is 565. The van der Waals surface area contributed by atoms with Crippen molar-refractivity contribution in [3.05, 3.63) is 23.2 Å². The van der Waals surface area contributed by atoms with E-state index in [-0.39, 0.29) is 29.9 Å². The van der Waals surface area contributed by atoms with E-state index in [0.29, 0.717) is 19.1 Å². The first-order valence-electron chi connectivity index (χ1n) is 8.01. The molecule has 136 valence electrons. The van der Waals surface area contributed by atoms with Crippen LogP contribution >= 0.6 is 24.0 Å². The van der Waals surface area contributed by atoms with Gasteiger partial charge in [0, 0.05) is 38.3 Å².